The Balaban J connectivity index is 1.61. The molecule has 0 bridgehead atoms. The number of hydrogen-bond donors (Lipinski definition) is 1. The maximum absolute atomic E-state index is 6.03. The molecule has 0 aromatic carbocycles. The summed E-state index contributed by atoms with van der Waals surface area (Å²) in [7, 11) is 0. The van der Waals surface area contributed by atoms with Gasteiger partial charge in [0.05, 0.1) is 0 Å². The van der Waals surface area contributed by atoms with Crippen LogP contribution in [-0.4, -0.2) is 29.6 Å². The summed E-state index contributed by atoms with van der Waals surface area (Å²) >= 11 is 0. The fourth-order valence-corrected chi connectivity index (χ4v) is 4.55. The summed E-state index contributed by atoms with van der Waals surface area (Å²) in [5.41, 5.74) is 6.03. The predicted octanol–water partition coefficient (Wildman–Crippen LogP) is 2.91. The average molecular weight is 236 g/mol. The molecule has 0 amide bonds. The maximum atomic E-state index is 6.03. The van der Waals surface area contributed by atoms with Crippen molar-refractivity contribution in [1.29, 1.82) is 0 Å². The lowest BCUT2D eigenvalue weighted by molar-refractivity contribution is 0.104. The number of likely N-dealkylation sites (tertiary alicyclic amines) is 1. The molecule has 3 fully saturated rings. The smallest absolute Gasteiger partial charge is 0.0127 e. The summed E-state index contributed by atoms with van der Waals surface area (Å²) < 4.78 is 0. The lowest BCUT2D eigenvalue weighted by atomic mass is 9.88. The highest BCUT2D eigenvalue weighted by atomic mass is 15.2. The zero-order chi connectivity index (χ0) is 11.7. The van der Waals surface area contributed by atoms with Gasteiger partial charge in [0.1, 0.15) is 0 Å². The molecule has 3 rings (SSSR count). The normalized spacial score (nSPS) is 41.1. The van der Waals surface area contributed by atoms with E-state index in [4.69, 9.17) is 5.73 Å². The van der Waals surface area contributed by atoms with Gasteiger partial charge in [0.2, 0.25) is 0 Å². The van der Waals surface area contributed by atoms with Gasteiger partial charge < -0.3 is 5.73 Å². The third-order valence-electron chi connectivity index (χ3n) is 5.50. The van der Waals surface area contributed by atoms with E-state index < -0.39 is 0 Å². The lowest BCUT2D eigenvalue weighted by Gasteiger charge is -2.39. The molecular weight excluding hydrogens is 208 g/mol. The number of nitrogens with two attached hydrogens (primary N) is 1. The molecule has 1 aliphatic heterocycles. The summed E-state index contributed by atoms with van der Waals surface area (Å²) in [6.07, 6.45) is 14.2. The van der Waals surface area contributed by atoms with Crippen LogP contribution in [0.1, 0.15) is 64.2 Å². The first-order valence-electron chi connectivity index (χ1n) is 7.86. The lowest BCUT2D eigenvalue weighted by Crippen LogP contribution is -2.45. The third kappa shape index (κ3) is 2.53. The van der Waals surface area contributed by atoms with Gasteiger partial charge in [-0.15, -0.1) is 0 Å². The first-order chi connectivity index (χ1) is 8.34. The highest BCUT2D eigenvalue weighted by Gasteiger charge is 2.37. The second-order valence-corrected chi connectivity index (χ2v) is 6.56. The minimum absolute atomic E-state index is 0.499. The van der Waals surface area contributed by atoms with E-state index in [1.165, 1.54) is 70.8 Å². The molecule has 2 saturated carbocycles. The van der Waals surface area contributed by atoms with Crippen molar-refractivity contribution in [2.45, 2.75) is 82.3 Å². The van der Waals surface area contributed by atoms with Crippen LogP contribution in [0.15, 0.2) is 0 Å². The van der Waals surface area contributed by atoms with Crippen molar-refractivity contribution in [1.82, 2.24) is 4.90 Å². The van der Waals surface area contributed by atoms with E-state index in [2.05, 4.69) is 4.90 Å². The van der Waals surface area contributed by atoms with Crippen LogP contribution in [0.25, 0.3) is 0 Å². The first kappa shape index (κ1) is 12.0. The Morgan fingerprint density at radius 2 is 1.47 bits per heavy atom. The molecular formula is C15H28N2. The van der Waals surface area contributed by atoms with E-state index in [0.717, 1.165) is 18.0 Å². The zero-order valence-electron chi connectivity index (χ0n) is 11.1. The van der Waals surface area contributed by atoms with Crippen molar-refractivity contribution < 1.29 is 0 Å². The van der Waals surface area contributed by atoms with Crippen LogP contribution in [-0.2, 0) is 0 Å². The minimum Gasteiger partial charge on any atom is -0.328 e. The van der Waals surface area contributed by atoms with E-state index in [-0.39, 0.29) is 0 Å². The Morgan fingerprint density at radius 1 is 0.765 bits per heavy atom. The Morgan fingerprint density at radius 3 is 2.18 bits per heavy atom. The molecule has 0 radical (unpaired) electrons. The number of rotatable bonds is 2. The van der Waals surface area contributed by atoms with Gasteiger partial charge in [-0.05, 0) is 63.8 Å². The summed E-state index contributed by atoms with van der Waals surface area (Å²) in [5.74, 6) is 1.04. The van der Waals surface area contributed by atoms with Crippen LogP contribution in [0.3, 0.4) is 0 Å². The standard InChI is InChI=1S/C15H28N2/c16-13-7-9-14(10-8-13)17-11-3-6-15(17)12-4-1-2-5-12/h12-15H,1-11,16H2. The Bertz CT molecular complexity index is 239. The molecule has 1 heterocycles. The zero-order valence-corrected chi connectivity index (χ0v) is 11.1. The number of nitrogens with zero attached hydrogens (tertiary/aromatic N) is 1. The molecule has 0 aromatic heterocycles. The van der Waals surface area contributed by atoms with E-state index in [0.29, 0.717) is 6.04 Å². The van der Waals surface area contributed by atoms with E-state index in [9.17, 15) is 0 Å². The molecule has 2 heteroatoms. The molecule has 1 saturated heterocycles. The van der Waals surface area contributed by atoms with Crippen molar-refractivity contribution in [3.05, 3.63) is 0 Å². The summed E-state index contributed by atoms with van der Waals surface area (Å²) in [5, 5.41) is 0. The summed E-state index contributed by atoms with van der Waals surface area (Å²) in [4.78, 5) is 2.89. The summed E-state index contributed by atoms with van der Waals surface area (Å²) in [6.45, 7) is 1.38. The van der Waals surface area contributed by atoms with E-state index in [1.54, 1.807) is 0 Å². The van der Waals surface area contributed by atoms with Crippen LogP contribution in [0.2, 0.25) is 0 Å². The molecule has 98 valence electrons. The minimum atomic E-state index is 0.499. The Labute approximate surface area is 106 Å². The van der Waals surface area contributed by atoms with Crippen molar-refractivity contribution in [3.8, 4) is 0 Å². The van der Waals surface area contributed by atoms with Gasteiger partial charge >= 0.3 is 0 Å². The average Bonchev–Trinajstić information content (AvgIpc) is 3.00. The summed E-state index contributed by atoms with van der Waals surface area (Å²) in [6, 6.07) is 2.32. The van der Waals surface area contributed by atoms with Crippen LogP contribution in [0, 0.1) is 5.92 Å². The molecule has 1 unspecified atom stereocenters. The molecule has 2 N–H and O–H groups in total. The number of hydrogen-bond acceptors (Lipinski definition) is 2. The second kappa shape index (κ2) is 5.27. The van der Waals surface area contributed by atoms with Crippen LogP contribution in [0.4, 0.5) is 0 Å². The molecule has 0 spiro atoms. The molecule has 3 aliphatic rings. The molecule has 1 atom stereocenters. The van der Waals surface area contributed by atoms with Gasteiger partial charge in [-0.2, -0.15) is 0 Å². The van der Waals surface area contributed by atoms with Gasteiger partial charge in [-0.3, -0.25) is 4.90 Å². The van der Waals surface area contributed by atoms with Crippen molar-refractivity contribution >= 4 is 0 Å². The van der Waals surface area contributed by atoms with Gasteiger partial charge in [-0.25, -0.2) is 0 Å². The van der Waals surface area contributed by atoms with Crippen molar-refractivity contribution in [3.63, 3.8) is 0 Å². The first-order valence-corrected chi connectivity index (χ1v) is 7.86. The van der Waals surface area contributed by atoms with Crippen LogP contribution in [0.5, 0.6) is 0 Å². The Hall–Kier alpha value is -0.0800. The van der Waals surface area contributed by atoms with E-state index >= 15 is 0 Å². The highest BCUT2D eigenvalue weighted by Crippen LogP contribution is 2.38. The maximum Gasteiger partial charge on any atom is 0.0127 e. The van der Waals surface area contributed by atoms with Gasteiger partial charge in [0, 0.05) is 18.1 Å². The second-order valence-electron chi connectivity index (χ2n) is 6.56. The predicted molar refractivity (Wildman–Crippen MR) is 71.9 cm³/mol. The topological polar surface area (TPSA) is 29.3 Å². The van der Waals surface area contributed by atoms with Crippen LogP contribution >= 0.6 is 0 Å². The monoisotopic (exact) mass is 236 g/mol. The Kier molecular flexibility index (Phi) is 3.72. The van der Waals surface area contributed by atoms with Gasteiger partial charge in [0.15, 0.2) is 0 Å². The van der Waals surface area contributed by atoms with Gasteiger partial charge in [-0.1, -0.05) is 12.8 Å². The molecule has 2 nitrogen and oxygen atoms in total. The van der Waals surface area contributed by atoms with Gasteiger partial charge in [0.25, 0.3) is 0 Å². The van der Waals surface area contributed by atoms with E-state index in [1.807, 2.05) is 0 Å². The fraction of sp³-hybridized carbons (Fsp3) is 1.00. The highest BCUT2D eigenvalue weighted by molar-refractivity contribution is 4.92. The largest absolute Gasteiger partial charge is 0.328 e. The fourth-order valence-electron chi connectivity index (χ4n) is 4.55. The van der Waals surface area contributed by atoms with Crippen molar-refractivity contribution in [2.75, 3.05) is 6.54 Å². The molecule has 0 aromatic rings. The third-order valence-corrected chi connectivity index (χ3v) is 5.50. The quantitative estimate of drug-likeness (QED) is 0.799. The molecule has 2 aliphatic carbocycles. The molecule has 17 heavy (non-hydrogen) atoms. The van der Waals surface area contributed by atoms with Crippen molar-refractivity contribution in [2.24, 2.45) is 11.7 Å². The van der Waals surface area contributed by atoms with Crippen LogP contribution < -0.4 is 5.73 Å². The SMILES string of the molecule is NC1CCC(N2CCCC2C2CCCC2)CC1.